The fourth-order valence-electron chi connectivity index (χ4n) is 3.05. The largest absolute Gasteiger partial charge is 0.341 e. The van der Waals surface area contributed by atoms with Gasteiger partial charge in [-0.2, -0.15) is 5.10 Å². The minimum absolute atomic E-state index is 0. The molecule has 0 radical (unpaired) electrons. The molecule has 1 saturated heterocycles. The lowest BCUT2D eigenvalue weighted by atomic mass is 9.91. The smallest absolute Gasteiger partial charge is 0.244 e. The highest BCUT2D eigenvalue weighted by Crippen LogP contribution is 2.24. The summed E-state index contributed by atoms with van der Waals surface area (Å²) in [6.45, 7) is 6.16. The summed E-state index contributed by atoms with van der Waals surface area (Å²) in [5.74, 6) is 1.33. The molecule has 1 fully saturated rings. The van der Waals surface area contributed by atoms with Gasteiger partial charge in [0.15, 0.2) is 0 Å². The zero-order valence-corrected chi connectivity index (χ0v) is 13.5. The van der Waals surface area contributed by atoms with Crippen molar-refractivity contribution in [2.45, 2.75) is 26.3 Å². The highest BCUT2D eigenvalue weighted by Gasteiger charge is 2.30. The maximum Gasteiger partial charge on any atom is 0.244 e. The van der Waals surface area contributed by atoms with E-state index in [9.17, 15) is 4.79 Å². The molecule has 1 aliphatic rings. The summed E-state index contributed by atoms with van der Waals surface area (Å²) in [5, 5.41) is 7.26. The van der Waals surface area contributed by atoms with Gasteiger partial charge < -0.3 is 10.2 Å². The van der Waals surface area contributed by atoms with E-state index in [-0.39, 0.29) is 24.4 Å². The Balaban J connectivity index is 0.00000200. The maximum absolute atomic E-state index is 12.7. The van der Waals surface area contributed by atoms with Gasteiger partial charge in [0.1, 0.15) is 6.04 Å². The molecule has 3 unspecified atom stereocenters. The summed E-state index contributed by atoms with van der Waals surface area (Å²) in [4.78, 5) is 14.6. The summed E-state index contributed by atoms with van der Waals surface area (Å²) >= 11 is 0. The molecule has 0 saturated carbocycles. The van der Waals surface area contributed by atoms with E-state index in [0.29, 0.717) is 11.8 Å². The standard InChI is InChI=1S/C14H24N4O.ClH/c1-10-5-11(2)8-18(7-10)14(19)13(15-3)12-6-16-17(4)9-12;/h6,9-11,13,15H,5,7-8H2,1-4H3;1H. The quantitative estimate of drug-likeness (QED) is 0.922. The average molecular weight is 301 g/mol. The van der Waals surface area contributed by atoms with Crippen molar-refractivity contribution in [3.05, 3.63) is 18.0 Å². The van der Waals surface area contributed by atoms with Gasteiger partial charge >= 0.3 is 0 Å². The molecule has 0 spiro atoms. The van der Waals surface area contributed by atoms with Gasteiger partial charge in [0.25, 0.3) is 0 Å². The number of nitrogens with one attached hydrogen (secondary N) is 1. The maximum atomic E-state index is 12.7. The highest BCUT2D eigenvalue weighted by atomic mass is 35.5. The number of likely N-dealkylation sites (tertiary alicyclic amines) is 1. The molecule has 2 heterocycles. The molecule has 1 N–H and O–H groups in total. The molecule has 0 bridgehead atoms. The number of likely N-dealkylation sites (N-methyl/N-ethyl adjacent to an activating group) is 1. The van der Waals surface area contributed by atoms with E-state index in [4.69, 9.17) is 0 Å². The molecule has 2 rings (SSSR count). The van der Waals surface area contributed by atoms with Crippen molar-refractivity contribution in [1.82, 2.24) is 20.0 Å². The molecule has 1 aliphatic heterocycles. The van der Waals surface area contributed by atoms with E-state index < -0.39 is 0 Å². The Kier molecular flexibility index (Phi) is 6.02. The second-order valence-corrected chi connectivity index (χ2v) is 5.86. The lowest BCUT2D eigenvalue weighted by Gasteiger charge is -2.36. The molecule has 1 aromatic rings. The topological polar surface area (TPSA) is 50.2 Å². The van der Waals surface area contributed by atoms with Gasteiger partial charge in [-0.3, -0.25) is 9.48 Å². The summed E-state index contributed by atoms with van der Waals surface area (Å²) in [6, 6.07) is -0.286. The molecule has 0 aliphatic carbocycles. The number of aryl methyl sites for hydroxylation is 1. The third-order valence-corrected chi connectivity index (χ3v) is 3.77. The lowest BCUT2D eigenvalue weighted by molar-refractivity contribution is -0.136. The molecular weight excluding hydrogens is 276 g/mol. The summed E-state index contributed by atoms with van der Waals surface area (Å²) < 4.78 is 1.73. The Morgan fingerprint density at radius 3 is 2.45 bits per heavy atom. The van der Waals surface area contributed by atoms with E-state index in [1.807, 2.05) is 25.2 Å². The Hall–Kier alpha value is -1.07. The van der Waals surface area contributed by atoms with Gasteiger partial charge in [0.2, 0.25) is 5.91 Å². The van der Waals surface area contributed by atoms with Crippen molar-refractivity contribution < 1.29 is 4.79 Å². The van der Waals surface area contributed by atoms with Crippen molar-refractivity contribution >= 4 is 18.3 Å². The third kappa shape index (κ3) is 3.73. The van der Waals surface area contributed by atoms with Gasteiger partial charge in [0.05, 0.1) is 6.20 Å². The first-order valence-electron chi connectivity index (χ1n) is 6.95. The first-order valence-corrected chi connectivity index (χ1v) is 6.95. The van der Waals surface area contributed by atoms with E-state index >= 15 is 0 Å². The highest BCUT2D eigenvalue weighted by molar-refractivity contribution is 5.85. The van der Waals surface area contributed by atoms with Crippen LogP contribution in [0.5, 0.6) is 0 Å². The lowest BCUT2D eigenvalue weighted by Crippen LogP contribution is -2.47. The normalized spacial score (nSPS) is 24.1. The first-order chi connectivity index (χ1) is 9.01. The van der Waals surface area contributed by atoms with E-state index in [2.05, 4.69) is 24.3 Å². The molecule has 114 valence electrons. The number of hydrogen-bond donors (Lipinski definition) is 1. The van der Waals surface area contributed by atoms with Crippen LogP contribution in [0.2, 0.25) is 0 Å². The first kappa shape index (κ1) is 17.0. The number of amides is 1. The van der Waals surface area contributed by atoms with Crippen LogP contribution in [0.4, 0.5) is 0 Å². The fraction of sp³-hybridized carbons (Fsp3) is 0.714. The van der Waals surface area contributed by atoms with Crippen LogP contribution in [-0.4, -0.2) is 40.7 Å². The van der Waals surface area contributed by atoms with E-state index in [0.717, 1.165) is 18.7 Å². The molecule has 6 heteroatoms. The van der Waals surface area contributed by atoms with Crippen LogP contribution in [0.3, 0.4) is 0 Å². The SMILES string of the molecule is CNC(C(=O)N1CC(C)CC(C)C1)c1cnn(C)c1.Cl. The number of carbonyl (C=O) groups excluding carboxylic acids is 1. The second kappa shape index (κ2) is 7.09. The van der Waals surface area contributed by atoms with Gasteiger partial charge in [-0.25, -0.2) is 0 Å². The molecular formula is C14H25ClN4O. The third-order valence-electron chi connectivity index (χ3n) is 3.77. The van der Waals surface area contributed by atoms with Crippen molar-refractivity contribution in [2.24, 2.45) is 18.9 Å². The fourth-order valence-corrected chi connectivity index (χ4v) is 3.05. The average Bonchev–Trinajstić information content (AvgIpc) is 2.75. The Labute approximate surface area is 127 Å². The predicted molar refractivity (Wildman–Crippen MR) is 81.8 cm³/mol. The minimum atomic E-state index is -0.286. The van der Waals surface area contributed by atoms with Crippen LogP contribution in [0.1, 0.15) is 31.9 Å². The van der Waals surface area contributed by atoms with Crippen LogP contribution in [0.25, 0.3) is 0 Å². The molecule has 5 nitrogen and oxygen atoms in total. The second-order valence-electron chi connectivity index (χ2n) is 5.86. The monoisotopic (exact) mass is 300 g/mol. The van der Waals surface area contributed by atoms with Gasteiger partial charge in [-0.05, 0) is 25.3 Å². The Morgan fingerprint density at radius 2 is 2.00 bits per heavy atom. The zero-order chi connectivity index (χ0) is 14.0. The van der Waals surface area contributed by atoms with Crippen LogP contribution in [0, 0.1) is 11.8 Å². The molecule has 1 amide bonds. The van der Waals surface area contributed by atoms with Crippen LogP contribution in [0.15, 0.2) is 12.4 Å². The van der Waals surface area contributed by atoms with E-state index in [1.165, 1.54) is 6.42 Å². The molecule has 0 aromatic carbocycles. The van der Waals surface area contributed by atoms with Crippen molar-refractivity contribution in [1.29, 1.82) is 0 Å². The van der Waals surface area contributed by atoms with Gasteiger partial charge in [0, 0.05) is 31.9 Å². The van der Waals surface area contributed by atoms with Crippen molar-refractivity contribution in [3.8, 4) is 0 Å². The van der Waals surface area contributed by atoms with Crippen molar-refractivity contribution in [3.63, 3.8) is 0 Å². The number of aromatic nitrogens is 2. The zero-order valence-electron chi connectivity index (χ0n) is 12.7. The number of nitrogens with zero attached hydrogens (tertiary/aromatic N) is 3. The number of hydrogen-bond acceptors (Lipinski definition) is 3. The molecule has 20 heavy (non-hydrogen) atoms. The molecule has 3 atom stereocenters. The van der Waals surface area contributed by atoms with Crippen LogP contribution < -0.4 is 5.32 Å². The summed E-state index contributed by atoms with van der Waals surface area (Å²) in [7, 11) is 3.69. The van der Waals surface area contributed by atoms with Gasteiger partial charge in [-0.15, -0.1) is 12.4 Å². The Bertz CT molecular complexity index is 438. The summed E-state index contributed by atoms with van der Waals surface area (Å²) in [6.07, 6.45) is 4.87. The minimum Gasteiger partial charge on any atom is -0.341 e. The molecule has 1 aromatic heterocycles. The van der Waals surface area contributed by atoms with Crippen LogP contribution in [-0.2, 0) is 11.8 Å². The van der Waals surface area contributed by atoms with Crippen molar-refractivity contribution in [2.75, 3.05) is 20.1 Å². The Morgan fingerprint density at radius 1 is 1.40 bits per heavy atom. The van der Waals surface area contributed by atoms with Gasteiger partial charge in [-0.1, -0.05) is 13.8 Å². The van der Waals surface area contributed by atoms with Crippen LogP contribution >= 0.6 is 12.4 Å². The predicted octanol–water partition coefficient (Wildman–Crippen LogP) is 1.61. The number of halogens is 1. The van der Waals surface area contributed by atoms with E-state index in [1.54, 1.807) is 10.9 Å². The number of piperidine rings is 1. The number of carbonyl (C=O) groups is 1. The number of rotatable bonds is 3. The summed E-state index contributed by atoms with van der Waals surface area (Å²) in [5.41, 5.74) is 0.931.